The molecule has 10 heavy (non-hydrogen) atoms. The Balaban J connectivity index is 2.33. The normalized spacial score (nSPS) is 32.6. The van der Waals surface area contributed by atoms with Crippen LogP contribution in [0.2, 0.25) is 0 Å². The zero-order chi connectivity index (χ0) is 7.56. The maximum absolute atomic E-state index is 9.38. The molecule has 0 bridgehead atoms. The van der Waals surface area contributed by atoms with Gasteiger partial charge >= 0.3 is 0 Å². The first-order valence-electron chi connectivity index (χ1n) is 3.60. The van der Waals surface area contributed by atoms with Gasteiger partial charge in [-0.1, -0.05) is 5.57 Å². The van der Waals surface area contributed by atoms with Crippen LogP contribution in [0.25, 0.3) is 0 Å². The average Bonchev–Trinajstić information content (AvgIpc) is 2.15. The first-order valence-corrected chi connectivity index (χ1v) is 4.76. The topological polar surface area (TPSA) is 20.2 Å². The number of aliphatic hydroxyl groups excluding tert-OH is 1. The van der Waals surface area contributed by atoms with Crippen molar-refractivity contribution < 1.29 is 5.11 Å². The van der Waals surface area contributed by atoms with Crippen molar-refractivity contribution >= 4 is 11.8 Å². The Bertz CT molecular complexity index is 133. The van der Waals surface area contributed by atoms with Crippen LogP contribution >= 0.6 is 11.8 Å². The SMILES string of the molecule is C=C(C)CC1CSCC1O. The van der Waals surface area contributed by atoms with E-state index < -0.39 is 0 Å². The Morgan fingerprint density at radius 1 is 1.70 bits per heavy atom. The Kier molecular flexibility index (Phi) is 2.81. The van der Waals surface area contributed by atoms with E-state index in [1.54, 1.807) is 0 Å². The fourth-order valence-corrected chi connectivity index (χ4v) is 2.52. The highest BCUT2D eigenvalue weighted by Crippen LogP contribution is 2.28. The number of hydrogen-bond acceptors (Lipinski definition) is 2. The van der Waals surface area contributed by atoms with Crippen LogP contribution in [-0.4, -0.2) is 22.7 Å². The highest BCUT2D eigenvalue weighted by atomic mass is 32.2. The van der Waals surface area contributed by atoms with Gasteiger partial charge in [0.2, 0.25) is 0 Å². The molecule has 1 heterocycles. The van der Waals surface area contributed by atoms with Gasteiger partial charge in [0.25, 0.3) is 0 Å². The van der Waals surface area contributed by atoms with Gasteiger partial charge in [-0.15, -0.1) is 6.58 Å². The summed E-state index contributed by atoms with van der Waals surface area (Å²) in [5.41, 5.74) is 1.19. The second-order valence-electron chi connectivity index (χ2n) is 3.03. The molecule has 0 aromatic carbocycles. The Morgan fingerprint density at radius 2 is 2.40 bits per heavy atom. The lowest BCUT2D eigenvalue weighted by Gasteiger charge is -2.11. The lowest BCUT2D eigenvalue weighted by molar-refractivity contribution is 0.150. The zero-order valence-corrected chi connectivity index (χ0v) is 7.16. The first kappa shape index (κ1) is 8.15. The molecule has 2 unspecified atom stereocenters. The van der Waals surface area contributed by atoms with Crippen LogP contribution in [0.5, 0.6) is 0 Å². The van der Waals surface area contributed by atoms with E-state index in [4.69, 9.17) is 0 Å². The minimum atomic E-state index is -0.0818. The summed E-state index contributed by atoms with van der Waals surface area (Å²) in [5, 5.41) is 9.38. The summed E-state index contributed by atoms with van der Waals surface area (Å²) >= 11 is 1.84. The lowest BCUT2D eigenvalue weighted by atomic mass is 9.99. The molecule has 0 saturated carbocycles. The zero-order valence-electron chi connectivity index (χ0n) is 6.34. The van der Waals surface area contributed by atoms with Gasteiger partial charge in [0.15, 0.2) is 0 Å². The van der Waals surface area contributed by atoms with E-state index in [0.29, 0.717) is 5.92 Å². The standard InChI is InChI=1S/C8H14OS/c1-6(2)3-7-4-10-5-8(7)9/h7-9H,1,3-5H2,2H3. The molecule has 0 aromatic rings. The predicted molar refractivity (Wildman–Crippen MR) is 46.3 cm³/mol. The molecule has 1 fully saturated rings. The highest BCUT2D eigenvalue weighted by Gasteiger charge is 2.24. The van der Waals surface area contributed by atoms with Crippen molar-refractivity contribution in [3.05, 3.63) is 12.2 Å². The van der Waals surface area contributed by atoms with Crippen LogP contribution in [0.15, 0.2) is 12.2 Å². The van der Waals surface area contributed by atoms with Gasteiger partial charge in [0, 0.05) is 5.75 Å². The third kappa shape index (κ3) is 2.03. The van der Waals surface area contributed by atoms with Gasteiger partial charge in [0.1, 0.15) is 0 Å². The molecule has 1 aliphatic heterocycles. The van der Waals surface area contributed by atoms with Crippen molar-refractivity contribution in [2.24, 2.45) is 5.92 Å². The molecule has 2 heteroatoms. The van der Waals surface area contributed by atoms with Gasteiger partial charge in [-0.2, -0.15) is 11.8 Å². The molecule has 1 aliphatic rings. The fourth-order valence-electron chi connectivity index (χ4n) is 1.23. The van der Waals surface area contributed by atoms with Crippen molar-refractivity contribution in [3.8, 4) is 0 Å². The molecule has 0 spiro atoms. The summed E-state index contributed by atoms with van der Waals surface area (Å²) in [6.45, 7) is 5.86. The van der Waals surface area contributed by atoms with E-state index in [9.17, 15) is 5.11 Å². The maximum Gasteiger partial charge on any atom is 0.0669 e. The molecule has 0 amide bonds. The molecule has 58 valence electrons. The van der Waals surface area contributed by atoms with Crippen molar-refractivity contribution in [2.75, 3.05) is 11.5 Å². The fraction of sp³-hybridized carbons (Fsp3) is 0.750. The highest BCUT2D eigenvalue weighted by molar-refractivity contribution is 7.99. The lowest BCUT2D eigenvalue weighted by Crippen LogP contribution is -2.17. The minimum Gasteiger partial charge on any atom is -0.392 e. The van der Waals surface area contributed by atoms with Crippen molar-refractivity contribution in [1.82, 2.24) is 0 Å². The predicted octanol–water partition coefficient (Wildman–Crippen LogP) is 1.68. The maximum atomic E-state index is 9.38. The summed E-state index contributed by atoms with van der Waals surface area (Å²) in [5.74, 6) is 2.49. The van der Waals surface area contributed by atoms with E-state index >= 15 is 0 Å². The van der Waals surface area contributed by atoms with E-state index in [2.05, 4.69) is 6.58 Å². The van der Waals surface area contributed by atoms with Gasteiger partial charge in [-0.3, -0.25) is 0 Å². The van der Waals surface area contributed by atoms with Crippen molar-refractivity contribution in [2.45, 2.75) is 19.4 Å². The molecule has 1 saturated heterocycles. The van der Waals surface area contributed by atoms with Crippen molar-refractivity contribution in [1.29, 1.82) is 0 Å². The molecule has 0 aliphatic carbocycles. The summed E-state index contributed by atoms with van der Waals surface area (Å²) in [4.78, 5) is 0. The Morgan fingerprint density at radius 3 is 2.80 bits per heavy atom. The number of allylic oxidation sites excluding steroid dienone is 1. The molecule has 2 atom stereocenters. The molecular formula is C8H14OS. The third-order valence-electron chi connectivity index (χ3n) is 1.78. The number of aliphatic hydroxyl groups is 1. The average molecular weight is 158 g/mol. The van der Waals surface area contributed by atoms with Crippen LogP contribution < -0.4 is 0 Å². The van der Waals surface area contributed by atoms with Crippen LogP contribution in [0.1, 0.15) is 13.3 Å². The van der Waals surface area contributed by atoms with Gasteiger partial charge < -0.3 is 5.11 Å². The quantitative estimate of drug-likeness (QED) is 0.617. The van der Waals surface area contributed by atoms with E-state index in [1.165, 1.54) is 5.57 Å². The Hall–Kier alpha value is 0.0500. The van der Waals surface area contributed by atoms with Gasteiger partial charge in [-0.25, -0.2) is 0 Å². The summed E-state index contributed by atoms with van der Waals surface area (Å²) in [7, 11) is 0. The smallest absolute Gasteiger partial charge is 0.0669 e. The second kappa shape index (κ2) is 3.44. The monoisotopic (exact) mass is 158 g/mol. The van der Waals surface area contributed by atoms with Gasteiger partial charge in [-0.05, 0) is 25.0 Å². The second-order valence-corrected chi connectivity index (χ2v) is 4.10. The summed E-state index contributed by atoms with van der Waals surface area (Å²) in [6.07, 6.45) is 0.912. The number of thioether (sulfide) groups is 1. The number of hydrogen-bond donors (Lipinski definition) is 1. The minimum absolute atomic E-state index is 0.0818. The van der Waals surface area contributed by atoms with Crippen LogP contribution in [0, 0.1) is 5.92 Å². The molecule has 0 radical (unpaired) electrons. The number of rotatable bonds is 2. The van der Waals surface area contributed by atoms with Crippen LogP contribution in [-0.2, 0) is 0 Å². The van der Waals surface area contributed by atoms with Crippen LogP contribution in [0.3, 0.4) is 0 Å². The van der Waals surface area contributed by atoms with E-state index in [-0.39, 0.29) is 6.10 Å². The molecule has 1 nitrogen and oxygen atoms in total. The molecular weight excluding hydrogens is 144 g/mol. The third-order valence-corrected chi connectivity index (χ3v) is 3.02. The summed E-state index contributed by atoms with van der Waals surface area (Å²) in [6, 6.07) is 0. The van der Waals surface area contributed by atoms with Crippen LogP contribution in [0.4, 0.5) is 0 Å². The van der Waals surface area contributed by atoms with E-state index in [0.717, 1.165) is 17.9 Å². The van der Waals surface area contributed by atoms with E-state index in [1.807, 2.05) is 18.7 Å². The summed E-state index contributed by atoms with van der Waals surface area (Å²) < 4.78 is 0. The molecule has 0 aromatic heterocycles. The Labute approximate surface area is 66.5 Å². The molecule has 1 N–H and O–H groups in total. The van der Waals surface area contributed by atoms with Gasteiger partial charge in [0.05, 0.1) is 6.10 Å². The molecule has 1 rings (SSSR count). The largest absolute Gasteiger partial charge is 0.392 e. The first-order chi connectivity index (χ1) is 4.70. The van der Waals surface area contributed by atoms with Crippen molar-refractivity contribution in [3.63, 3.8) is 0 Å².